The third kappa shape index (κ3) is 4.31. The van der Waals surface area contributed by atoms with Gasteiger partial charge in [0.1, 0.15) is 12.4 Å². The number of carbonyl (C=O) groups excluding carboxylic acids is 1. The van der Waals surface area contributed by atoms with Crippen molar-refractivity contribution in [3.63, 3.8) is 0 Å². The fraction of sp³-hybridized carbons (Fsp3) is 0.462. The van der Waals surface area contributed by atoms with Gasteiger partial charge in [-0.15, -0.1) is 0 Å². The smallest absolute Gasteiger partial charge is 0.225 e. The van der Waals surface area contributed by atoms with Crippen LogP contribution in [0.2, 0.25) is 0 Å². The topological polar surface area (TPSA) is 38.3 Å². The molecule has 5 heteroatoms. The highest BCUT2D eigenvalue weighted by atomic mass is 19.1. The van der Waals surface area contributed by atoms with Crippen LogP contribution in [-0.4, -0.2) is 19.1 Å². The Morgan fingerprint density at radius 2 is 2.00 bits per heavy atom. The lowest BCUT2D eigenvalue weighted by molar-refractivity contribution is -0.128. The molecule has 0 aliphatic heterocycles. The number of nitrogens with one attached hydrogen (secondary N) is 1. The van der Waals surface area contributed by atoms with E-state index in [9.17, 15) is 13.6 Å². The molecule has 1 aromatic rings. The molecule has 1 rings (SSSR count). The van der Waals surface area contributed by atoms with Crippen molar-refractivity contribution in [3.05, 3.63) is 29.8 Å². The zero-order valence-corrected chi connectivity index (χ0v) is 10.7. The van der Waals surface area contributed by atoms with Crippen LogP contribution in [0, 0.1) is 17.0 Å². The van der Waals surface area contributed by atoms with Gasteiger partial charge in [0.2, 0.25) is 5.91 Å². The van der Waals surface area contributed by atoms with Crippen LogP contribution in [-0.2, 0) is 4.79 Å². The molecular weight excluding hydrogens is 240 g/mol. The molecule has 0 fully saturated rings. The number of hydrogen-bond acceptors (Lipinski definition) is 2. The third-order valence-corrected chi connectivity index (χ3v) is 2.22. The predicted octanol–water partition coefficient (Wildman–Crippen LogP) is 2.51. The minimum absolute atomic E-state index is 0.0265. The van der Waals surface area contributed by atoms with Crippen LogP contribution < -0.4 is 10.1 Å². The van der Waals surface area contributed by atoms with Crippen molar-refractivity contribution in [2.24, 2.45) is 5.41 Å². The molecule has 1 aromatic carbocycles. The highest BCUT2D eigenvalue weighted by Crippen LogP contribution is 2.17. The maximum absolute atomic E-state index is 13.2. The summed E-state index contributed by atoms with van der Waals surface area (Å²) in [6.45, 7) is 5.78. The first-order valence-corrected chi connectivity index (χ1v) is 5.67. The number of ether oxygens (including phenoxy) is 1. The molecule has 0 aliphatic rings. The average molecular weight is 257 g/mol. The van der Waals surface area contributed by atoms with Gasteiger partial charge in [0.15, 0.2) is 11.6 Å². The summed E-state index contributed by atoms with van der Waals surface area (Å²) in [6.07, 6.45) is 0. The van der Waals surface area contributed by atoms with Crippen molar-refractivity contribution in [1.29, 1.82) is 0 Å². The molecule has 0 spiro atoms. The van der Waals surface area contributed by atoms with Gasteiger partial charge in [-0.25, -0.2) is 8.78 Å². The van der Waals surface area contributed by atoms with Gasteiger partial charge in [0.25, 0.3) is 0 Å². The van der Waals surface area contributed by atoms with E-state index < -0.39 is 17.0 Å². The molecule has 1 N–H and O–H groups in total. The van der Waals surface area contributed by atoms with Gasteiger partial charge < -0.3 is 10.1 Å². The lowest BCUT2D eigenvalue weighted by Gasteiger charge is -2.17. The zero-order valence-electron chi connectivity index (χ0n) is 10.7. The number of halogens is 2. The molecule has 0 aliphatic carbocycles. The Morgan fingerprint density at radius 1 is 1.33 bits per heavy atom. The summed E-state index contributed by atoms with van der Waals surface area (Å²) in [5.74, 6) is -1.54. The molecule has 100 valence electrons. The van der Waals surface area contributed by atoms with Crippen molar-refractivity contribution >= 4 is 5.91 Å². The van der Waals surface area contributed by atoms with E-state index >= 15 is 0 Å². The summed E-state index contributed by atoms with van der Waals surface area (Å²) in [5.41, 5.74) is -0.471. The molecule has 0 unspecified atom stereocenters. The van der Waals surface area contributed by atoms with Gasteiger partial charge >= 0.3 is 0 Å². The SMILES string of the molecule is CC(C)(C)C(=O)NCCOc1ccc(F)cc1F. The average Bonchev–Trinajstić information content (AvgIpc) is 2.25. The van der Waals surface area contributed by atoms with Crippen LogP contribution in [0.5, 0.6) is 5.75 Å². The second kappa shape index (κ2) is 5.80. The summed E-state index contributed by atoms with van der Waals surface area (Å²) in [4.78, 5) is 11.5. The van der Waals surface area contributed by atoms with Crippen molar-refractivity contribution in [2.75, 3.05) is 13.2 Å². The first-order valence-electron chi connectivity index (χ1n) is 5.67. The largest absolute Gasteiger partial charge is 0.489 e. The van der Waals surface area contributed by atoms with E-state index in [1.165, 1.54) is 6.07 Å². The molecule has 3 nitrogen and oxygen atoms in total. The molecule has 0 radical (unpaired) electrons. The van der Waals surface area contributed by atoms with E-state index in [1.807, 2.05) is 0 Å². The number of benzene rings is 1. The lowest BCUT2D eigenvalue weighted by Crippen LogP contribution is -2.37. The molecule has 0 heterocycles. The van der Waals surface area contributed by atoms with Crippen LogP contribution in [0.1, 0.15) is 20.8 Å². The highest BCUT2D eigenvalue weighted by molar-refractivity contribution is 5.81. The standard InChI is InChI=1S/C13H17F2NO2/c1-13(2,3)12(17)16-6-7-18-11-5-4-9(14)8-10(11)15/h4-5,8H,6-7H2,1-3H3,(H,16,17). The normalized spacial score (nSPS) is 11.2. The van der Waals surface area contributed by atoms with E-state index in [0.29, 0.717) is 0 Å². The van der Waals surface area contributed by atoms with Crippen LogP contribution in [0.25, 0.3) is 0 Å². The van der Waals surface area contributed by atoms with Crippen LogP contribution in [0.15, 0.2) is 18.2 Å². The Labute approximate surface area is 105 Å². The zero-order chi connectivity index (χ0) is 13.8. The Hall–Kier alpha value is -1.65. The molecule has 1 amide bonds. The van der Waals surface area contributed by atoms with Crippen molar-refractivity contribution in [2.45, 2.75) is 20.8 Å². The van der Waals surface area contributed by atoms with Crippen LogP contribution in [0.3, 0.4) is 0 Å². The highest BCUT2D eigenvalue weighted by Gasteiger charge is 2.20. The molecule has 0 atom stereocenters. The quantitative estimate of drug-likeness (QED) is 0.842. The summed E-state index contributed by atoms with van der Waals surface area (Å²) in [7, 11) is 0. The molecule has 0 aromatic heterocycles. The van der Waals surface area contributed by atoms with E-state index in [2.05, 4.69) is 5.32 Å². The fourth-order valence-corrected chi connectivity index (χ4v) is 1.18. The molecule has 0 bridgehead atoms. The van der Waals surface area contributed by atoms with Gasteiger partial charge in [0, 0.05) is 11.5 Å². The van der Waals surface area contributed by atoms with E-state index in [4.69, 9.17) is 4.74 Å². The van der Waals surface area contributed by atoms with Crippen molar-refractivity contribution in [1.82, 2.24) is 5.32 Å². The summed E-state index contributed by atoms with van der Waals surface area (Å²) in [5, 5.41) is 2.66. The van der Waals surface area contributed by atoms with E-state index in [-0.39, 0.29) is 24.8 Å². The summed E-state index contributed by atoms with van der Waals surface area (Å²) >= 11 is 0. The monoisotopic (exact) mass is 257 g/mol. The van der Waals surface area contributed by atoms with Gasteiger partial charge in [0.05, 0.1) is 6.54 Å². The van der Waals surface area contributed by atoms with E-state index in [1.54, 1.807) is 20.8 Å². The maximum Gasteiger partial charge on any atom is 0.225 e. The second-order valence-electron chi connectivity index (χ2n) is 4.93. The van der Waals surface area contributed by atoms with E-state index in [0.717, 1.165) is 12.1 Å². The van der Waals surface area contributed by atoms with Gasteiger partial charge in [-0.1, -0.05) is 20.8 Å². The van der Waals surface area contributed by atoms with Crippen molar-refractivity contribution in [3.8, 4) is 5.75 Å². The van der Waals surface area contributed by atoms with Gasteiger partial charge in [-0.05, 0) is 12.1 Å². The number of amides is 1. The molecule has 18 heavy (non-hydrogen) atoms. The number of hydrogen-bond donors (Lipinski definition) is 1. The lowest BCUT2D eigenvalue weighted by atomic mass is 9.96. The van der Waals surface area contributed by atoms with Crippen LogP contribution in [0.4, 0.5) is 8.78 Å². The van der Waals surface area contributed by atoms with Gasteiger partial charge in [-0.2, -0.15) is 0 Å². The first kappa shape index (κ1) is 14.4. The fourth-order valence-electron chi connectivity index (χ4n) is 1.18. The second-order valence-corrected chi connectivity index (χ2v) is 4.93. The first-order chi connectivity index (χ1) is 8.30. The minimum Gasteiger partial charge on any atom is -0.489 e. The maximum atomic E-state index is 13.2. The predicted molar refractivity (Wildman–Crippen MR) is 64.3 cm³/mol. The third-order valence-electron chi connectivity index (χ3n) is 2.22. The Balaban J connectivity index is 2.36. The Kier molecular flexibility index (Phi) is 4.64. The molecular formula is C13H17F2NO2. The van der Waals surface area contributed by atoms with Gasteiger partial charge in [-0.3, -0.25) is 4.79 Å². The number of carbonyl (C=O) groups is 1. The number of rotatable bonds is 4. The van der Waals surface area contributed by atoms with Crippen molar-refractivity contribution < 1.29 is 18.3 Å². The Bertz CT molecular complexity index is 427. The minimum atomic E-state index is -0.753. The molecule has 0 saturated carbocycles. The summed E-state index contributed by atoms with van der Waals surface area (Å²) in [6, 6.07) is 3.09. The Morgan fingerprint density at radius 3 is 2.56 bits per heavy atom. The van der Waals surface area contributed by atoms with Crippen LogP contribution >= 0.6 is 0 Å². The summed E-state index contributed by atoms with van der Waals surface area (Å²) < 4.78 is 30.9. The molecule has 0 saturated heterocycles.